The van der Waals surface area contributed by atoms with Crippen LogP contribution in [-0.4, -0.2) is 36.2 Å². The van der Waals surface area contributed by atoms with E-state index in [0.29, 0.717) is 5.56 Å². The molecule has 1 fully saturated rings. The topological polar surface area (TPSA) is 54.5 Å². The van der Waals surface area contributed by atoms with E-state index >= 15 is 0 Å². The van der Waals surface area contributed by atoms with E-state index in [1.807, 2.05) is 48.7 Å². The quantitative estimate of drug-likeness (QED) is 0.539. The van der Waals surface area contributed by atoms with Gasteiger partial charge in [-0.2, -0.15) is 0 Å². The Balaban J connectivity index is 1.32. The Bertz CT molecular complexity index is 984. The van der Waals surface area contributed by atoms with Gasteiger partial charge in [0.25, 0.3) is 5.91 Å². The monoisotopic (exact) mass is 433 g/mol. The summed E-state index contributed by atoms with van der Waals surface area (Å²) in [5.74, 6) is 0.747. The van der Waals surface area contributed by atoms with Crippen LogP contribution < -0.4 is 10.2 Å². The number of benzene rings is 2. The van der Waals surface area contributed by atoms with Gasteiger partial charge < -0.3 is 15.0 Å². The molecular weight excluding hydrogens is 406 g/mol. The van der Waals surface area contributed by atoms with Crippen LogP contribution in [0.4, 0.5) is 11.4 Å². The second-order valence-corrected chi connectivity index (χ2v) is 8.89. The molecule has 31 heavy (non-hydrogen) atoms. The molecule has 1 saturated heterocycles. The number of rotatable bonds is 6. The Labute approximate surface area is 187 Å². The molecule has 6 heteroatoms. The molecular formula is C25H27N3O2S. The fraction of sp³-hybridized carbons (Fsp3) is 0.280. The van der Waals surface area contributed by atoms with Crippen molar-refractivity contribution in [2.45, 2.75) is 36.7 Å². The average Bonchev–Trinajstić information content (AvgIpc) is 2.78. The number of aromatic nitrogens is 1. The molecule has 1 N–H and O–H groups in total. The van der Waals surface area contributed by atoms with Gasteiger partial charge in [-0.3, -0.25) is 9.78 Å². The van der Waals surface area contributed by atoms with Crippen molar-refractivity contribution in [1.82, 2.24) is 4.98 Å². The standard InChI is InChI=1S/C25H27N3O2S/c1-18-15-28(16-19(2)30-18)23-9-7-22(8-10-23)27-25(29)21-5-11-24(12-6-21)31-17-20-4-3-13-26-14-20/h3-14,18-19H,15-17H2,1-2H3,(H,27,29). The number of carbonyl (C=O) groups excluding carboxylic acids is 1. The zero-order valence-corrected chi connectivity index (χ0v) is 18.6. The minimum Gasteiger partial charge on any atom is -0.372 e. The second-order valence-electron chi connectivity index (χ2n) is 7.84. The molecule has 160 valence electrons. The molecule has 4 rings (SSSR count). The summed E-state index contributed by atoms with van der Waals surface area (Å²) in [6.45, 7) is 5.95. The Morgan fingerprint density at radius 1 is 1.06 bits per heavy atom. The van der Waals surface area contributed by atoms with Crippen LogP contribution in [0.15, 0.2) is 78.0 Å². The van der Waals surface area contributed by atoms with Gasteiger partial charge in [-0.25, -0.2) is 0 Å². The Morgan fingerprint density at radius 2 is 1.77 bits per heavy atom. The zero-order chi connectivity index (χ0) is 21.6. The molecule has 0 saturated carbocycles. The highest BCUT2D eigenvalue weighted by atomic mass is 32.2. The Hall–Kier alpha value is -2.83. The van der Waals surface area contributed by atoms with Crippen LogP contribution in [0.2, 0.25) is 0 Å². The number of nitrogens with one attached hydrogen (secondary N) is 1. The molecule has 2 aromatic carbocycles. The fourth-order valence-corrected chi connectivity index (χ4v) is 4.53. The summed E-state index contributed by atoms with van der Waals surface area (Å²) in [5, 5.41) is 2.99. The van der Waals surface area contributed by atoms with Crippen LogP contribution in [0.25, 0.3) is 0 Å². The van der Waals surface area contributed by atoms with Gasteiger partial charge in [0.1, 0.15) is 0 Å². The fourth-order valence-electron chi connectivity index (χ4n) is 3.70. The first kappa shape index (κ1) is 21.4. The van der Waals surface area contributed by atoms with Crippen molar-refractivity contribution < 1.29 is 9.53 Å². The van der Waals surface area contributed by atoms with E-state index < -0.39 is 0 Å². The van der Waals surface area contributed by atoms with Gasteiger partial charge >= 0.3 is 0 Å². The summed E-state index contributed by atoms with van der Waals surface area (Å²) in [6.07, 6.45) is 4.08. The molecule has 2 atom stereocenters. The summed E-state index contributed by atoms with van der Waals surface area (Å²) in [4.78, 5) is 20.2. The van der Waals surface area contributed by atoms with E-state index in [9.17, 15) is 4.79 Å². The Morgan fingerprint density at radius 3 is 2.42 bits per heavy atom. The molecule has 0 aliphatic carbocycles. The van der Waals surface area contributed by atoms with Gasteiger partial charge in [0.15, 0.2) is 0 Å². The van der Waals surface area contributed by atoms with Crippen molar-refractivity contribution in [3.8, 4) is 0 Å². The number of amides is 1. The van der Waals surface area contributed by atoms with Crippen LogP contribution in [0.5, 0.6) is 0 Å². The molecule has 5 nitrogen and oxygen atoms in total. The first-order valence-corrected chi connectivity index (χ1v) is 11.5. The lowest BCUT2D eigenvalue weighted by atomic mass is 10.1. The van der Waals surface area contributed by atoms with Crippen LogP contribution in [0.3, 0.4) is 0 Å². The number of carbonyl (C=O) groups is 1. The van der Waals surface area contributed by atoms with Crippen molar-refractivity contribution >= 4 is 29.0 Å². The van der Waals surface area contributed by atoms with E-state index in [-0.39, 0.29) is 18.1 Å². The smallest absolute Gasteiger partial charge is 0.255 e. The normalized spacial score (nSPS) is 18.6. The summed E-state index contributed by atoms with van der Waals surface area (Å²) in [6, 6.07) is 19.7. The lowest BCUT2D eigenvalue weighted by Gasteiger charge is -2.36. The minimum absolute atomic E-state index is 0.106. The number of nitrogens with zero attached hydrogens (tertiary/aromatic N) is 2. The van der Waals surface area contributed by atoms with E-state index in [0.717, 1.165) is 35.1 Å². The number of morpholine rings is 1. The molecule has 1 aromatic heterocycles. The van der Waals surface area contributed by atoms with Gasteiger partial charge in [-0.15, -0.1) is 11.8 Å². The number of pyridine rings is 1. The lowest BCUT2D eigenvalue weighted by molar-refractivity contribution is -0.00521. The summed E-state index contributed by atoms with van der Waals surface area (Å²) in [5.41, 5.74) is 3.76. The summed E-state index contributed by atoms with van der Waals surface area (Å²) >= 11 is 1.73. The minimum atomic E-state index is -0.106. The molecule has 1 aliphatic rings. The highest BCUT2D eigenvalue weighted by Crippen LogP contribution is 2.24. The predicted octanol–water partition coefficient (Wildman–Crippen LogP) is 5.24. The maximum atomic E-state index is 12.6. The number of ether oxygens (including phenoxy) is 1. The third-order valence-electron chi connectivity index (χ3n) is 5.15. The van der Waals surface area contributed by atoms with Gasteiger partial charge in [0.2, 0.25) is 0 Å². The van der Waals surface area contributed by atoms with Gasteiger partial charge in [0, 0.05) is 53.1 Å². The van der Waals surface area contributed by atoms with Gasteiger partial charge in [-0.05, 0) is 74.0 Å². The maximum Gasteiger partial charge on any atom is 0.255 e. The lowest BCUT2D eigenvalue weighted by Crippen LogP contribution is -2.45. The Kier molecular flexibility index (Phi) is 6.89. The number of hydrogen-bond acceptors (Lipinski definition) is 5. The highest BCUT2D eigenvalue weighted by molar-refractivity contribution is 7.98. The van der Waals surface area contributed by atoms with E-state index in [2.05, 4.69) is 47.2 Å². The molecule has 2 unspecified atom stereocenters. The van der Waals surface area contributed by atoms with E-state index in [1.165, 1.54) is 5.56 Å². The van der Waals surface area contributed by atoms with Crippen molar-refractivity contribution in [1.29, 1.82) is 0 Å². The van der Waals surface area contributed by atoms with Crippen molar-refractivity contribution in [3.05, 3.63) is 84.2 Å². The van der Waals surface area contributed by atoms with Crippen molar-refractivity contribution in [2.75, 3.05) is 23.3 Å². The van der Waals surface area contributed by atoms with Crippen molar-refractivity contribution in [3.63, 3.8) is 0 Å². The van der Waals surface area contributed by atoms with Crippen LogP contribution in [0.1, 0.15) is 29.8 Å². The van der Waals surface area contributed by atoms with Gasteiger partial charge in [0.05, 0.1) is 12.2 Å². The molecule has 0 radical (unpaired) electrons. The third kappa shape index (κ3) is 5.87. The first-order valence-electron chi connectivity index (χ1n) is 10.5. The second kappa shape index (κ2) is 9.98. The molecule has 1 aliphatic heterocycles. The molecule has 0 spiro atoms. The maximum absolute atomic E-state index is 12.6. The highest BCUT2D eigenvalue weighted by Gasteiger charge is 2.22. The predicted molar refractivity (Wildman–Crippen MR) is 127 cm³/mol. The van der Waals surface area contributed by atoms with Crippen molar-refractivity contribution in [2.24, 2.45) is 0 Å². The molecule has 2 heterocycles. The summed E-state index contributed by atoms with van der Waals surface area (Å²) < 4.78 is 5.81. The first-order chi connectivity index (χ1) is 15.1. The molecule has 0 bridgehead atoms. The largest absolute Gasteiger partial charge is 0.372 e. The van der Waals surface area contributed by atoms with Gasteiger partial charge in [-0.1, -0.05) is 6.07 Å². The SMILES string of the molecule is CC1CN(c2ccc(NC(=O)c3ccc(SCc4cccnc4)cc3)cc2)CC(C)O1. The van der Waals surface area contributed by atoms with E-state index in [1.54, 1.807) is 18.0 Å². The van der Waals surface area contributed by atoms with Crippen LogP contribution >= 0.6 is 11.8 Å². The number of anilines is 2. The van der Waals surface area contributed by atoms with Crippen LogP contribution in [0, 0.1) is 0 Å². The number of thioether (sulfide) groups is 1. The van der Waals surface area contributed by atoms with Crippen LogP contribution in [-0.2, 0) is 10.5 Å². The average molecular weight is 434 g/mol. The zero-order valence-electron chi connectivity index (χ0n) is 17.8. The van der Waals surface area contributed by atoms with E-state index in [4.69, 9.17) is 4.74 Å². The summed E-state index contributed by atoms with van der Waals surface area (Å²) in [7, 11) is 0. The molecule has 3 aromatic rings. The molecule has 1 amide bonds. The number of hydrogen-bond donors (Lipinski definition) is 1. The third-order valence-corrected chi connectivity index (χ3v) is 6.24.